The van der Waals surface area contributed by atoms with Crippen molar-refractivity contribution in [2.24, 2.45) is 0 Å². The van der Waals surface area contributed by atoms with Crippen molar-refractivity contribution in [2.45, 2.75) is 20.4 Å². The Morgan fingerprint density at radius 3 is 2.12 bits per heavy atom. The van der Waals surface area contributed by atoms with Gasteiger partial charge in [-0.2, -0.15) is 0 Å². The summed E-state index contributed by atoms with van der Waals surface area (Å²) in [5, 5.41) is 2.75. The molecule has 0 heterocycles. The highest BCUT2D eigenvalue weighted by Crippen LogP contribution is 2.32. The molecule has 176 valence electrons. The number of hydrogen-bond donors (Lipinski definition) is 1. The van der Waals surface area contributed by atoms with Gasteiger partial charge in [-0.15, -0.1) is 0 Å². The van der Waals surface area contributed by atoms with Crippen LogP contribution in [0.3, 0.4) is 0 Å². The summed E-state index contributed by atoms with van der Waals surface area (Å²) >= 11 is 0. The van der Waals surface area contributed by atoms with Gasteiger partial charge in [0.15, 0.2) is 23.0 Å². The lowest BCUT2D eigenvalue weighted by atomic mass is 10.2. The molecule has 1 amide bonds. The van der Waals surface area contributed by atoms with E-state index in [4.69, 9.17) is 18.9 Å². The highest BCUT2D eigenvalue weighted by atomic mass is 32.2. The third kappa shape index (κ3) is 6.68. The van der Waals surface area contributed by atoms with Crippen LogP contribution in [-0.2, 0) is 21.4 Å². The molecule has 9 nitrogen and oxygen atoms in total. The second-order valence-corrected chi connectivity index (χ2v) is 8.64. The quantitative estimate of drug-likeness (QED) is 0.513. The summed E-state index contributed by atoms with van der Waals surface area (Å²) in [5.41, 5.74) is 1.09. The number of carbonyl (C=O) groups is 1. The highest BCUT2D eigenvalue weighted by Gasteiger charge is 2.22. The number of nitrogens with one attached hydrogen (secondary N) is 1. The van der Waals surface area contributed by atoms with Crippen LogP contribution >= 0.6 is 0 Å². The zero-order valence-electron chi connectivity index (χ0n) is 19.0. The van der Waals surface area contributed by atoms with E-state index in [0.29, 0.717) is 41.9 Å². The number of ether oxygens (including phenoxy) is 4. The van der Waals surface area contributed by atoms with Crippen LogP contribution in [0.1, 0.15) is 19.4 Å². The molecule has 2 aromatic rings. The number of methoxy groups -OCH3 is 2. The Kier molecular flexibility index (Phi) is 9.01. The standard InChI is InChI=1S/C22H30N2O7S/c1-6-30-19-10-8-16(12-21(19)31-7-2)14-23-22(25)15-24(32(5,26)27)17-9-11-18(28-3)20(13-17)29-4/h8-13H,6-7,14-15H2,1-5H3,(H,23,25). The van der Waals surface area contributed by atoms with E-state index in [9.17, 15) is 13.2 Å². The van der Waals surface area contributed by atoms with E-state index in [1.807, 2.05) is 19.9 Å². The Balaban J connectivity index is 2.14. The van der Waals surface area contributed by atoms with E-state index in [1.54, 1.807) is 24.3 Å². The van der Waals surface area contributed by atoms with Crippen molar-refractivity contribution in [3.05, 3.63) is 42.0 Å². The van der Waals surface area contributed by atoms with Crippen molar-refractivity contribution in [3.8, 4) is 23.0 Å². The van der Waals surface area contributed by atoms with E-state index >= 15 is 0 Å². The molecule has 2 rings (SSSR count). The SMILES string of the molecule is CCOc1ccc(CNC(=O)CN(c2ccc(OC)c(OC)c2)S(C)(=O)=O)cc1OCC. The largest absolute Gasteiger partial charge is 0.493 e. The smallest absolute Gasteiger partial charge is 0.241 e. The van der Waals surface area contributed by atoms with Crippen LogP contribution in [-0.4, -0.2) is 54.6 Å². The average molecular weight is 467 g/mol. The van der Waals surface area contributed by atoms with Gasteiger partial charge >= 0.3 is 0 Å². The Morgan fingerprint density at radius 1 is 0.906 bits per heavy atom. The molecule has 0 saturated carbocycles. The minimum atomic E-state index is -3.73. The van der Waals surface area contributed by atoms with Crippen LogP contribution in [0.4, 0.5) is 5.69 Å². The Morgan fingerprint density at radius 2 is 1.53 bits per heavy atom. The molecule has 0 spiro atoms. The number of carbonyl (C=O) groups excluding carboxylic acids is 1. The molecular weight excluding hydrogens is 436 g/mol. The molecule has 2 aromatic carbocycles. The first-order chi connectivity index (χ1) is 15.2. The monoisotopic (exact) mass is 466 g/mol. The summed E-state index contributed by atoms with van der Waals surface area (Å²) in [6, 6.07) is 10.0. The van der Waals surface area contributed by atoms with Gasteiger partial charge in [0.1, 0.15) is 6.54 Å². The molecule has 10 heteroatoms. The Bertz CT molecular complexity index is 1020. The van der Waals surface area contributed by atoms with Gasteiger partial charge in [-0.1, -0.05) is 6.07 Å². The molecule has 0 fully saturated rings. The summed E-state index contributed by atoms with van der Waals surface area (Å²) in [6.07, 6.45) is 1.04. The van der Waals surface area contributed by atoms with Crippen LogP contribution in [0.25, 0.3) is 0 Å². The van der Waals surface area contributed by atoms with Crippen LogP contribution in [0.2, 0.25) is 0 Å². The number of rotatable bonds is 12. The van der Waals surface area contributed by atoms with Gasteiger partial charge in [0.05, 0.1) is 39.4 Å². The summed E-state index contributed by atoms with van der Waals surface area (Å²) in [7, 11) is -0.793. The molecule has 0 aliphatic rings. The summed E-state index contributed by atoms with van der Waals surface area (Å²) in [4.78, 5) is 12.6. The van der Waals surface area contributed by atoms with Gasteiger partial charge in [-0.3, -0.25) is 9.10 Å². The first-order valence-electron chi connectivity index (χ1n) is 10.1. The lowest BCUT2D eigenvalue weighted by Crippen LogP contribution is -2.40. The fourth-order valence-electron chi connectivity index (χ4n) is 2.97. The summed E-state index contributed by atoms with van der Waals surface area (Å²) in [5.74, 6) is 1.56. The number of benzene rings is 2. The van der Waals surface area contributed by atoms with Crippen molar-refractivity contribution >= 4 is 21.6 Å². The van der Waals surface area contributed by atoms with E-state index in [-0.39, 0.29) is 13.1 Å². The van der Waals surface area contributed by atoms with Crippen LogP contribution in [0.15, 0.2) is 36.4 Å². The minimum absolute atomic E-state index is 0.203. The number of sulfonamides is 1. The van der Waals surface area contributed by atoms with Crippen LogP contribution in [0, 0.1) is 0 Å². The predicted octanol–water partition coefficient (Wildman–Crippen LogP) is 2.58. The maximum Gasteiger partial charge on any atom is 0.241 e. The number of hydrogen-bond acceptors (Lipinski definition) is 7. The van der Waals surface area contributed by atoms with E-state index < -0.39 is 15.9 Å². The van der Waals surface area contributed by atoms with Crippen molar-refractivity contribution in [3.63, 3.8) is 0 Å². The molecule has 32 heavy (non-hydrogen) atoms. The predicted molar refractivity (Wildman–Crippen MR) is 122 cm³/mol. The average Bonchev–Trinajstić information content (AvgIpc) is 2.76. The van der Waals surface area contributed by atoms with Crippen molar-refractivity contribution < 1.29 is 32.2 Å². The molecule has 1 N–H and O–H groups in total. The van der Waals surface area contributed by atoms with Gasteiger partial charge in [-0.05, 0) is 43.7 Å². The lowest BCUT2D eigenvalue weighted by Gasteiger charge is -2.23. The molecule has 0 bridgehead atoms. The first kappa shape index (κ1) is 25.1. The lowest BCUT2D eigenvalue weighted by molar-refractivity contribution is -0.119. The van der Waals surface area contributed by atoms with Crippen molar-refractivity contribution in [2.75, 3.05) is 44.5 Å². The van der Waals surface area contributed by atoms with E-state index in [2.05, 4.69) is 5.32 Å². The second kappa shape index (κ2) is 11.5. The van der Waals surface area contributed by atoms with Crippen molar-refractivity contribution in [1.82, 2.24) is 5.32 Å². The van der Waals surface area contributed by atoms with Gasteiger partial charge in [-0.25, -0.2) is 8.42 Å². The Hall–Kier alpha value is -3.14. The summed E-state index contributed by atoms with van der Waals surface area (Å²) in [6.45, 7) is 4.56. The Labute approximate surface area is 189 Å². The number of anilines is 1. The fourth-order valence-corrected chi connectivity index (χ4v) is 3.82. The number of nitrogens with zero attached hydrogens (tertiary/aromatic N) is 1. The van der Waals surface area contributed by atoms with Gasteiger partial charge < -0.3 is 24.3 Å². The summed E-state index contributed by atoms with van der Waals surface area (Å²) < 4.78 is 47.3. The zero-order valence-corrected chi connectivity index (χ0v) is 19.8. The van der Waals surface area contributed by atoms with Crippen LogP contribution in [0.5, 0.6) is 23.0 Å². The molecule has 0 unspecified atom stereocenters. The van der Waals surface area contributed by atoms with E-state index in [0.717, 1.165) is 16.1 Å². The molecule has 0 radical (unpaired) electrons. The highest BCUT2D eigenvalue weighted by molar-refractivity contribution is 7.92. The van der Waals surface area contributed by atoms with Gasteiger partial charge in [0.25, 0.3) is 0 Å². The first-order valence-corrected chi connectivity index (χ1v) is 11.9. The topological polar surface area (TPSA) is 103 Å². The fraction of sp³-hybridized carbons (Fsp3) is 0.409. The molecular formula is C22H30N2O7S. The van der Waals surface area contributed by atoms with Crippen molar-refractivity contribution in [1.29, 1.82) is 0 Å². The minimum Gasteiger partial charge on any atom is -0.493 e. The zero-order chi connectivity index (χ0) is 23.7. The molecule has 0 atom stereocenters. The second-order valence-electron chi connectivity index (χ2n) is 6.73. The molecule has 0 saturated heterocycles. The van der Waals surface area contributed by atoms with Gasteiger partial charge in [0, 0.05) is 12.6 Å². The molecule has 0 aromatic heterocycles. The van der Waals surface area contributed by atoms with E-state index in [1.165, 1.54) is 20.3 Å². The number of amides is 1. The third-order valence-electron chi connectivity index (χ3n) is 4.44. The van der Waals surface area contributed by atoms with Crippen LogP contribution < -0.4 is 28.6 Å². The van der Waals surface area contributed by atoms with Gasteiger partial charge in [0.2, 0.25) is 15.9 Å². The molecule has 0 aliphatic carbocycles. The maximum absolute atomic E-state index is 12.6. The molecule has 0 aliphatic heterocycles. The normalized spacial score (nSPS) is 10.9. The third-order valence-corrected chi connectivity index (χ3v) is 5.58. The maximum atomic E-state index is 12.6.